The highest BCUT2D eigenvalue weighted by atomic mass is 79.9. The Bertz CT molecular complexity index is 309. The zero-order valence-corrected chi connectivity index (χ0v) is 9.52. The molecule has 13 heavy (non-hydrogen) atoms. The van der Waals surface area contributed by atoms with Gasteiger partial charge >= 0.3 is 0 Å². The second kappa shape index (κ2) is 5.98. The fourth-order valence-electron chi connectivity index (χ4n) is 0.992. The van der Waals surface area contributed by atoms with Crippen LogP contribution in [-0.2, 0) is 0 Å². The Labute approximate surface area is 92.5 Å². The van der Waals surface area contributed by atoms with Crippen LogP contribution >= 0.6 is 28.3 Å². The van der Waals surface area contributed by atoms with Gasteiger partial charge in [0.1, 0.15) is 6.04 Å². The van der Waals surface area contributed by atoms with Gasteiger partial charge in [0.15, 0.2) is 0 Å². The summed E-state index contributed by atoms with van der Waals surface area (Å²) in [6, 6.07) is 9.66. The van der Waals surface area contributed by atoms with E-state index in [4.69, 9.17) is 5.26 Å². The molecule has 0 aliphatic carbocycles. The van der Waals surface area contributed by atoms with Crippen LogP contribution in [0.2, 0.25) is 0 Å². The lowest BCUT2D eigenvalue weighted by Gasteiger charge is -2.07. The first-order valence-corrected chi connectivity index (χ1v) is 4.39. The van der Waals surface area contributed by atoms with Crippen LogP contribution in [0, 0.1) is 11.3 Å². The quantitative estimate of drug-likeness (QED) is 0.888. The minimum absolute atomic E-state index is 0. The van der Waals surface area contributed by atoms with Gasteiger partial charge in [-0.05, 0) is 24.7 Å². The van der Waals surface area contributed by atoms with E-state index in [2.05, 4.69) is 27.3 Å². The lowest BCUT2D eigenvalue weighted by atomic mass is 10.1. The highest BCUT2D eigenvalue weighted by molar-refractivity contribution is 9.10. The molecular formula is C9H10BrClN2. The summed E-state index contributed by atoms with van der Waals surface area (Å²) in [5.41, 5.74) is 0.981. The van der Waals surface area contributed by atoms with Gasteiger partial charge in [-0.2, -0.15) is 5.26 Å². The Morgan fingerprint density at radius 1 is 1.54 bits per heavy atom. The second-order valence-corrected chi connectivity index (χ2v) is 3.32. The van der Waals surface area contributed by atoms with Crippen LogP contribution in [0.4, 0.5) is 0 Å². The topological polar surface area (TPSA) is 35.8 Å². The smallest absolute Gasteiger partial charge is 0.121 e. The van der Waals surface area contributed by atoms with E-state index in [9.17, 15) is 0 Å². The first-order chi connectivity index (χ1) is 5.77. The number of hydrogen-bond acceptors (Lipinski definition) is 2. The first-order valence-electron chi connectivity index (χ1n) is 3.60. The lowest BCUT2D eigenvalue weighted by molar-refractivity contribution is 0.727. The van der Waals surface area contributed by atoms with Crippen molar-refractivity contribution >= 4 is 28.3 Å². The molecule has 1 aromatic carbocycles. The van der Waals surface area contributed by atoms with E-state index >= 15 is 0 Å². The number of halogens is 2. The molecule has 0 aromatic heterocycles. The summed E-state index contributed by atoms with van der Waals surface area (Å²) in [5.74, 6) is 0. The van der Waals surface area contributed by atoms with Gasteiger partial charge in [-0.15, -0.1) is 12.4 Å². The molecule has 0 heterocycles. The van der Waals surface area contributed by atoms with Gasteiger partial charge in [0.25, 0.3) is 0 Å². The molecule has 1 rings (SSSR count). The summed E-state index contributed by atoms with van der Waals surface area (Å²) in [7, 11) is 1.77. The van der Waals surface area contributed by atoms with Crippen LogP contribution in [0.3, 0.4) is 0 Å². The molecule has 1 atom stereocenters. The van der Waals surface area contributed by atoms with Crippen molar-refractivity contribution in [1.82, 2.24) is 5.32 Å². The molecule has 0 amide bonds. The molecule has 0 fully saturated rings. The molecule has 70 valence electrons. The van der Waals surface area contributed by atoms with E-state index in [1.807, 2.05) is 24.3 Å². The van der Waals surface area contributed by atoms with Crippen molar-refractivity contribution in [2.45, 2.75) is 6.04 Å². The third-order valence-electron chi connectivity index (χ3n) is 1.60. The summed E-state index contributed by atoms with van der Waals surface area (Å²) < 4.78 is 0.996. The molecule has 0 aliphatic heterocycles. The average Bonchev–Trinajstić information content (AvgIpc) is 2.07. The number of nitrogens with zero attached hydrogens (tertiary/aromatic N) is 1. The van der Waals surface area contributed by atoms with E-state index in [1.165, 1.54) is 0 Å². The maximum absolute atomic E-state index is 8.74. The van der Waals surface area contributed by atoms with Crippen molar-refractivity contribution in [2.24, 2.45) is 0 Å². The monoisotopic (exact) mass is 260 g/mol. The fraction of sp³-hybridized carbons (Fsp3) is 0.222. The predicted molar refractivity (Wildman–Crippen MR) is 58.8 cm³/mol. The van der Waals surface area contributed by atoms with E-state index in [1.54, 1.807) is 7.05 Å². The largest absolute Gasteiger partial charge is 0.301 e. The van der Waals surface area contributed by atoms with E-state index in [0.717, 1.165) is 10.0 Å². The minimum atomic E-state index is -0.220. The van der Waals surface area contributed by atoms with E-state index < -0.39 is 0 Å². The standard InChI is InChI=1S/C9H9BrN2.ClH/c1-12-9(6-11)7-3-2-4-8(10)5-7;/h2-5,9,12H,1H3;1H. The molecular weight excluding hydrogens is 251 g/mol. The molecule has 0 saturated carbocycles. The third kappa shape index (κ3) is 3.35. The molecule has 0 radical (unpaired) electrons. The second-order valence-electron chi connectivity index (χ2n) is 2.41. The Morgan fingerprint density at radius 2 is 2.23 bits per heavy atom. The Balaban J connectivity index is 0.00000144. The molecule has 1 aromatic rings. The molecule has 0 bridgehead atoms. The molecule has 2 nitrogen and oxygen atoms in total. The normalized spacial score (nSPS) is 11.2. The molecule has 1 unspecified atom stereocenters. The molecule has 0 spiro atoms. The first kappa shape index (κ1) is 12.4. The van der Waals surface area contributed by atoms with Crippen molar-refractivity contribution < 1.29 is 0 Å². The summed E-state index contributed by atoms with van der Waals surface area (Å²) in [4.78, 5) is 0. The number of rotatable bonds is 2. The number of nitriles is 1. The van der Waals surface area contributed by atoms with Crippen LogP contribution in [-0.4, -0.2) is 7.05 Å². The summed E-state index contributed by atoms with van der Waals surface area (Å²) >= 11 is 3.35. The molecule has 4 heteroatoms. The third-order valence-corrected chi connectivity index (χ3v) is 2.09. The van der Waals surface area contributed by atoms with Gasteiger partial charge in [0.2, 0.25) is 0 Å². The van der Waals surface area contributed by atoms with Crippen molar-refractivity contribution in [3.8, 4) is 6.07 Å². The lowest BCUT2D eigenvalue weighted by Crippen LogP contribution is -2.13. The zero-order valence-electron chi connectivity index (χ0n) is 7.12. The number of benzene rings is 1. The zero-order chi connectivity index (χ0) is 8.97. The highest BCUT2D eigenvalue weighted by Crippen LogP contribution is 2.16. The Hall–Kier alpha value is -0.560. The van der Waals surface area contributed by atoms with Gasteiger partial charge in [0.05, 0.1) is 6.07 Å². The van der Waals surface area contributed by atoms with Gasteiger partial charge in [0, 0.05) is 4.47 Å². The summed E-state index contributed by atoms with van der Waals surface area (Å²) in [5, 5.41) is 11.7. The van der Waals surface area contributed by atoms with E-state index in [-0.39, 0.29) is 18.4 Å². The van der Waals surface area contributed by atoms with Gasteiger partial charge < -0.3 is 5.32 Å². The van der Waals surface area contributed by atoms with Crippen LogP contribution in [0.1, 0.15) is 11.6 Å². The van der Waals surface area contributed by atoms with Gasteiger partial charge in [-0.25, -0.2) is 0 Å². The van der Waals surface area contributed by atoms with Crippen molar-refractivity contribution in [2.75, 3.05) is 7.05 Å². The minimum Gasteiger partial charge on any atom is -0.301 e. The van der Waals surface area contributed by atoms with Crippen LogP contribution in [0.5, 0.6) is 0 Å². The van der Waals surface area contributed by atoms with Crippen LogP contribution < -0.4 is 5.32 Å². The van der Waals surface area contributed by atoms with Crippen molar-refractivity contribution in [3.63, 3.8) is 0 Å². The van der Waals surface area contributed by atoms with E-state index in [0.29, 0.717) is 0 Å². The average molecular weight is 262 g/mol. The fourth-order valence-corrected chi connectivity index (χ4v) is 1.41. The maximum atomic E-state index is 8.74. The maximum Gasteiger partial charge on any atom is 0.121 e. The van der Waals surface area contributed by atoms with Gasteiger partial charge in [-0.1, -0.05) is 28.1 Å². The van der Waals surface area contributed by atoms with Crippen LogP contribution in [0.15, 0.2) is 28.7 Å². The van der Waals surface area contributed by atoms with Crippen LogP contribution in [0.25, 0.3) is 0 Å². The Kier molecular flexibility index (Phi) is 5.72. The SMILES string of the molecule is CNC(C#N)c1cccc(Br)c1.Cl. The van der Waals surface area contributed by atoms with Crippen molar-refractivity contribution in [1.29, 1.82) is 5.26 Å². The Morgan fingerprint density at radius 3 is 2.69 bits per heavy atom. The number of nitrogens with one attached hydrogen (secondary N) is 1. The van der Waals surface area contributed by atoms with Gasteiger partial charge in [-0.3, -0.25) is 0 Å². The highest BCUT2D eigenvalue weighted by Gasteiger charge is 2.06. The summed E-state index contributed by atoms with van der Waals surface area (Å²) in [6.45, 7) is 0. The van der Waals surface area contributed by atoms with Crippen molar-refractivity contribution in [3.05, 3.63) is 34.3 Å². The molecule has 0 aliphatic rings. The molecule has 0 saturated heterocycles. The predicted octanol–water partition coefficient (Wildman–Crippen LogP) is 2.65. The summed E-state index contributed by atoms with van der Waals surface area (Å²) in [6.07, 6.45) is 0. The number of hydrogen-bond donors (Lipinski definition) is 1. The molecule has 1 N–H and O–H groups in total.